The molecule has 0 aliphatic heterocycles. The van der Waals surface area contributed by atoms with E-state index in [0.29, 0.717) is 23.3 Å². The van der Waals surface area contributed by atoms with Crippen molar-refractivity contribution in [2.24, 2.45) is 0 Å². The van der Waals surface area contributed by atoms with E-state index >= 15 is 0 Å². The molecular formula is C26H30O2. The van der Waals surface area contributed by atoms with Crippen molar-refractivity contribution >= 4 is 0 Å². The van der Waals surface area contributed by atoms with Gasteiger partial charge in [0.1, 0.15) is 11.5 Å². The standard InChI is InChI=1S/C26H30O2/c1-17-8-10-25(27)23(12-17)14-19(3)21-6-5-7-22(16-21)20(4)15-24-13-18(2)9-11-26(24)28/h5-13,16,19-20,27-28H,14-15H2,1-4H3. The Morgan fingerprint density at radius 2 is 1.07 bits per heavy atom. The zero-order valence-corrected chi connectivity index (χ0v) is 17.2. The maximum Gasteiger partial charge on any atom is 0.118 e. The van der Waals surface area contributed by atoms with Crippen LogP contribution in [-0.4, -0.2) is 10.2 Å². The molecule has 0 spiro atoms. The molecule has 0 fully saturated rings. The van der Waals surface area contributed by atoms with E-state index in [9.17, 15) is 10.2 Å². The number of aryl methyl sites for hydroxylation is 2. The number of phenolic OH excluding ortho intramolecular Hbond substituents is 2. The zero-order valence-electron chi connectivity index (χ0n) is 17.2. The van der Waals surface area contributed by atoms with E-state index < -0.39 is 0 Å². The fourth-order valence-corrected chi connectivity index (χ4v) is 3.82. The molecule has 0 radical (unpaired) electrons. The molecule has 2 heteroatoms. The summed E-state index contributed by atoms with van der Waals surface area (Å²) in [4.78, 5) is 0. The lowest BCUT2D eigenvalue weighted by molar-refractivity contribution is 0.465. The van der Waals surface area contributed by atoms with E-state index in [1.807, 2.05) is 12.1 Å². The Labute approximate surface area is 168 Å². The molecule has 3 aromatic rings. The molecule has 3 rings (SSSR count). The van der Waals surface area contributed by atoms with Gasteiger partial charge in [0.15, 0.2) is 0 Å². The van der Waals surface area contributed by atoms with Crippen molar-refractivity contribution in [2.75, 3.05) is 0 Å². The van der Waals surface area contributed by atoms with Crippen LogP contribution in [0, 0.1) is 13.8 Å². The van der Waals surface area contributed by atoms with Crippen LogP contribution in [-0.2, 0) is 12.8 Å². The molecule has 0 bridgehead atoms. The van der Waals surface area contributed by atoms with E-state index in [2.05, 4.69) is 64.1 Å². The molecule has 0 aliphatic rings. The van der Waals surface area contributed by atoms with E-state index in [1.54, 1.807) is 12.1 Å². The first-order valence-corrected chi connectivity index (χ1v) is 10.0. The summed E-state index contributed by atoms with van der Waals surface area (Å²) in [6.07, 6.45) is 1.62. The van der Waals surface area contributed by atoms with Crippen LogP contribution in [0.15, 0.2) is 60.7 Å². The van der Waals surface area contributed by atoms with Gasteiger partial charge in [-0.15, -0.1) is 0 Å². The van der Waals surface area contributed by atoms with Gasteiger partial charge in [0.2, 0.25) is 0 Å². The molecule has 3 aromatic carbocycles. The molecule has 0 aliphatic carbocycles. The van der Waals surface area contributed by atoms with Crippen molar-refractivity contribution in [3.05, 3.63) is 94.0 Å². The zero-order chi connectivity index (χ0) is 20.3. The summed E-state index contributed by atoms with van der Waals surface area (Å²) in [6.45, 7) is 8.52. The van der Waals surface area contributed by atoms with E-state index in [-0.39, 0.29) is 0 Å². The molecule has 0 amide bonds. The smallest absolute Gasteiger partial charge is 0.118 e. The van der Waals surface area contributed by atoms with Crippen LogP contribution >= 0.6 is 0 Å². The third-order valence-electron chi connectivity index (χ3n) is 5.57. The summed E-state index contributed by atoms with van der Waals surface area (Å²) in [6, 6.07) is 20.3. The van der Waals surface area contributed by atoms with E-state index in [1.165, 1.54) is 22.3 Å². The van der Waals surface area contributed by atoms with Crippen molar-refractivity contribution in [1.82, 2.24) is 0 Å². The lowest BCUT2D eigenvalue weighted by Gasteiger charge is -2.18. The molecular weight excluding hydrogens is 344 g/mol. The minimum absolute atomic E-state index is 0.312. The Balaban J connectivity index is 1.77. The molecule has 0 aromatic heterocycles. The third kappa shape index (κ3) is 4.75. The lowest BCUT2D eigenvalue weighted by atomic mass is 9.87. The fraction of sp³-hybridized carbons (Fsp3) is 0.308. The highest BCUT2D eigenvalue weighted by atomic mass is 16.3. The van der Waals surface area contributed by atoms with Crippen LogP contribution in [0.1, 0.15) is 59.1 Å². The minimum atomic E-state index is 0.312. The molecule has 2 unspecified atom stereocenters. The largest absolute Gasteiger partial charge is 0.508 e. The first-order chi connectivity index (χ1) is 13.3. The highest BCUT2D eigenvalue weighted by Gasteiger charge is 2.14. The first-order valence-electron chi connectivity index (χ1n) is 10.0. The summed E-state index contributed by atoms with van der Waals surface area (Å²) < 4.78 is 0. The van der Waals surface area contributed by atoms with Gasteiger partial charge in [-0.1, -0.05) is 73.5 Å². The molecule has 2 nitrogen and oxygen atoms in total. The maximum atomic E-state index is 10.2. The van der Waals surface area contributed by atoms with Gasteiger partial charge < -0.3 is 10.2 Å². The van der Waals surface area contributed by atoms with Crippen LogP contribution in [0.25, 0.3) is 0 Å². The highest BCUT2D eigenvalue weighted by molar-refractivity contribution is 5.39. The summed E-state index contributed by atoms with van der Waals surface area (Å²) in [5.74, 6) is 1.37. The number of hydrogen-bond donors (Lipinski definition) is 2. The summed E-state index contributed by atoms with van der Waals surface area (Å²) in [5.41, 5.74) is 6.88. The number of aromatic hydroxyl groups is 2. The monoisotopic (exact) mass is 374 g/mol. The average molecular weight is 375 g/mol. The number of hydrogen-bond acceptors (Lipinski definition) is 2. The van der Waals surface area contributed by atoms with Crippen molar-refractivity contribution in [3.63, 3.8) is 0 Å². The maximum absolute atomic E-state index is 10.2. The van der Waals surface area contributed by atoms with Crippen molar-refractivity contribution in [1.29, 1.82) is 0 Å². The Bertz CT molecular complexity index is 884. The molecule has 0 saturated carbocycles. The molecule has 2 atom stereocenters. The lowest BCUT2D eigenvalue weighted by Crippen LogP contribution is -2.03. The predicted molar refractivity (Wildman–Crippen MR) is 116 cm³/mol. The molecule has 146 valence electrons. The topological polar surface area (TPSA) is 40.5 Å². The second-order valence-corrected chi connectivity index (χ2v) is 8.14. The Kier molecular flexibility index (Phi) is 6.08. The highest BCUT2D eigenvalue weighted by Crippen LogP contribution is 2.30. The summed E-state index contributed by atoms with van der Waals surface area (Å²) >= 11 is 0. The van der Waals surface area contributed by atoms with Gasteiger partial charge in [0.25, 0.3) is 0 Å². The number of rotatable bonds is 6. The van der Waals surface area contributed by atoms with Crippen LogP contribution in [0.5, 0.6) is 11.5 Å². The molecule has 0 saturated heterocycles. The van der Waals surface area contributed by atoms with Gasteiger partial charge in [0.05, 0.1) is 0 Å². The van der Waals surface area contributed by atoms with Gasteiger partial charge in [-0.05, 0) is 72.9 Å². The van der Waals surface area contributed by atoms with E-state index in [4.69, 9.17) is 0 Å². The molecule has 2 N–H and O–H groups in total. The van der Waals surface area contributed by atoms with Crippen molar-refractivity contribution in [2.45, 2.75) is 52.4 Å². The van der Waals surface area contributed by atoms with Gasteiger partial charge in [0, 0.05) is 0 Å². The SMILES string of the molecule is Cc1ccc(O)c(CC(C)c2cccc(C(C)Cc3cc(C)ccc3O)c2)c1. The van der Waals surface area contributed by atoms with Crippen LogP contribution in [0.3, 0.4) is 0 Å². The van der Waals surface area contributed by atoms with Gasteiger partial charge in [-0.2, -0.15) is 0 Å². The Morgan fingerprint density at radius 1 is 0.643 bits per heavy atom. The van der Waals surface area contributed by atoms with Gasteiger partial charge >= 0.3 is 0 Å². The summed E-state index contributed by atoms with van der Waals surface area (Å²) in [7, 11) is 0. The average Bonchev–Trinajstić information content (AvgIpc) is 2.67. The second kappa shape index (κ2) is 8.52. The number of phenols is 2. The molecule has 28 heavy (non-hydrogen) atoms. The van der Waals surface area contributed by atoms with Gasteiger partial charge in [-0.25, -0.2) is 0 Å². The quantitative estimate of drug-likeness (QED) is 0.523. The van der Waals surface area contributed by atoms with E-state index in [0.717, 1.165) is 24.0 Å². The van der Waals surface area contributed by atoms with Crippen LogP contribution in [0.4, 0.5) is 0 Å². The Hall–Kier alpha value is -2.74. The third-order valence-corrected chi connectivity index (χ3v) is 5.57. The van der Waals surface area contributed by atoms with Crippen LogP contribution < -0.4 is 0 Å². The van der Waals surface area contributed by atoms with Crippen molar-refractivity contribution in [3.8, 4) is 11.5 Å². The minimum Gasteiger partial charge on any atom is -0.508 e. The summed E-state index contributed by atoms with van der Waals surface area (Å²) in [5, 5.41) is 20.3. The fourth-order valence-electron chi connectivity index (χ4n) is 3.82. The van der Waals surface area contributed by atoms with Crippen LogP contribution in [0.2, 0.25) is 0 Å². The Morgan fingerprint density at radius 3 is 1.50 bits per heavy atom. The normalized spacial score (nSPS) is 13.3. The number of benzene rings is 3. The van der Waals surface area contributed by atoms with Gasteiger partial charge in [-0.3, -0.25) is 0 Å². The van der Waals surface area contributed by atoms with Crippen molar-refractivity contribution < 1.29 is 10.2 Å². The molecule has 0 heterocycles. The predicted octanol–water partition coefficient (Wildman–Crippen LogP) is 6.41. The second-order valence-electron chi connectivity index (χ2n) is 8.14. The first kappa shape index (κ1) is 20.0.